The zero-order chi connectivity index (χ0) is 21.3. The fourth-order valence-corrected chi connectivity index (χ4v) is 4.73. The number of carboxylic acids is 1. The van der Waals surface area contributed by atoms with Crippen LogP contribution < -0.4 is 4.31 Å². The lowest BCUT2D eigenvalue weighted by Gasteiger charge is -2.26. The number of carbonyl (C=O) groups is 1. The predicted octanol–water partition coefficient (Wildman–Crippen LogP) is 5.34. The van der Waals surface area contributed by atoms with Crippen LogP contribution in [0.3, 0.4) is 0 Å². The maximum atomic E-state index is 13.1. The second-order valence-electron chi connectivity index (χ2n) is 5.46. The lowest BCUT2D eigenvalue weighted by atomic mass is 10.2. The van der Waals surface area contributed by atoms with Gasteiger partial charge in [0.25, 0.3) is 10.0 Å². The lowest BCUT2D eigenvalue weighted by molar-refractivity contribution is -0.138. The van der Waals surface area contributed by atoms with E-state index in [4.69, 9.17) is 39.9 Å². The van der Waals surface area contributed by atoms with Crippen LogP contribution in [0.15, 0.2) is 41.3 Å². The standard InChI is InChI=1S/C16H11Cl3F3NO4S/c17-10-2-4-12(19)14(8-10)28(26,27)23(6-5-15(24)25)13-7-9(16(20,21)22)1-3-11(13)18/h1-4,7-8H,5-6H2,(H,24,25). The summed E-state index contributed by atoms with van der Waals surface area (Å²) in [7, 11) is -4.59. The number of alkyl halides is 3. The molecule has 12 heteroatoms. The largest absolute Gasteiger partial charge is 0.481 e. The molecule has 5 nitrogen and oxygen atoms in total. The van der Waals surface area contributed by atoms with E-state index in [0.29, 0.717) is 16.4 Å². The number of rotatable bonds is 6. The van der Waals surface area contributed by atoms with E-state index in [2.05, 4.69) is 0 Å². The maximum Gasteiger partial charge on any atom is 0.416 e. The summed E-state index contributed by atoms with van der Waals surface area (Å²) in [5.41, 5.74) is -1.69. The zero-order valence-electron chi connectivity index (χ0n) is 13.7. The first kappa shape index (κ1) is 22.6. The Morgan fingerprint density at radius 1 is 1.04 bits per heavy atom. The third-order valence-electron chi connectivity index (χ3n) is 3.53. The van der Waals surface area contributed by atoms with Crippen LogP contribution in [0, 0.1) is 0 Å². The normalized spacial score (nSPS) is 12.1. The van der Waals surface area contributed by atoms with Gasteiger partial charge in [-0.25, -0.2) is 8.42 Å². The molecule has 2 rings (SSSR count). The van der Waals surface area contributed by atoms with E-state index in [0.717, 1.165) is 12.1 Å². The topological polar surface area (TPSA) is 74.7 Å². The maximum absolute atomic E-state index is 13.1. The van der Waals surface area contributed by atoms with Gasteiger partial charge in [-0.1, -0.05) is 34.8 Å². The average molecular weight is 477 g/mol. The van der Waals surface area contributed by atoms with Gasteiger partial charge < -0.3 is 5.11 Å². The van der Waals surface area contributed by atoms with Crippen molar-refractivity contribution in [1.29, 1.82) is 0 Å². The van der Waals surface area contributed by atoms with Gasteiger partial charge in [0, 0.05) is 11.6 Å². The molecule has 0 saturated heterocycles. The predicted molar refractivity (Wildman–Crippen MR) is 99.7 cm³/mol. The Kier molecular flexibility index (Phi) is 6.75. The monoisotopic (exact) mass is 475 g/mol. The van der Waals surface area contributed by atoms with E-state index >= 15 is 0 Å². The summed E-state index contributed by atoms with van der Waals surface area (Å²) < 4.78 is 65.8. The number of aliphatic carboxylic acids is 1. The van der Waals surface area contributed by atoms with Gasteiger partial charge in [0.1, 0.15) is 4.90 Å². The van der Waals surface area contributed by atoms with Crippen LogP contribution in [0.2, 0.25) is 15.1 Å². The Bertz CT molecular complexity index is 1010. The summed E-state index contributed by atoms with van der Waals surface area (Å²) in [4.78, 5) is 10.4. The third kappa shape index (κ3) is 5.02. The summed E-state index contributed by atoms with van der Waals surface area (Å²) in [6.07, 6.45) is -5.46. The van der Waals surface area contributed by atoms with Crippen molar-refractivity contribution in [2.45, 2.75) is 17.5 Å². The van der Waals surface area contributed by atoms with E-state index in [9.17, 15) is 26.4 Å². The number of nitrogens with zero attached hydrogens (tertiary/aromatic N) is 1. The molecule has 0 fully saturated rings. The number of carboxylic acid groups (broad SMARTS) is 1. The van der Waals surface area contributed by atoms with Crippen molar-refractivity contribution in [3.05, 3.63) is 57.0 Å². The molecule has 2 aromatic carbocycles. The van der Waals surface area contributed by atoms with Gasteiger partial charge in [0.05, 0.1) is 27.7 Å². The van der Waals surface area contributed by atoms with Gasteiger partial charge in [0.2, 0.25) is 0 Å². The molecule has 0 aliphatic carbocycles. The van der Waals surface area contributed by atoms with E-state index in [1.807, 2.05) is 0 Å². The van der Waals surface area contributed by atoms with Gasteiger partial charge in [-0.15, -0.1) is 0 Å². The Hall–Kier alpha value is -1.68. The molecule has 2 aromatic rings. The van der Waals surface area contributed by atoms with E-state index in [1.165, 1.54) is 12.1 Å². The number of halogens is 6. The van der Waals surface area contributed by atoms with Crippen molar-refractivity contribution >= 4 is 56.5 Å². The van der Waals surface area contributed by atoms with Crippen LogP contribution >= 0.6 is 34.8 Å². The number of hydrogen-bond acceptors (Lipinski definition) is 3. The highest BCUT2D eigenvalue weighted by Gasteiger charge is 2.34. The molecule has 152 valence electrons. The Balaban J connectivity index is 2.69. The van der Waals surface area contributed by atoms with Crippen molar-refractivity contribution < 1.29 is 31.5 Å². The molecule has 0 aliphatic rings. The number of sulfonamides is 1. The van der Waals surface area contributed by atoms with Crippen molar-refractivity contribution in [3.8, 4) is 0 Å². The molecule has 0 spiro atoms. The molecule has 0 aromatic heterocycles. The molecule has 1 N–H and O–H groups in total. The molecule has 0 radical (unpaired) electrons. The number of anilines is 1. The fraction of sp³-hybridized carbons (Fsp3) is 0.188. The summed E-state index contributed by atoms with van der Waals surface area (Å²) in [6, 6.07) is 5.61. The van der Waals surface area contributed by atoms with Crippen LogP contribution in [0.25, 0.3) is 0 Å². The second kappa shape index (κ2) is 8.36. The molecule has 28 heavy (non-hydrogen) atoms. The van der Waals surface area contributed by atoms with Crippen LogP contribution in [0.1, 0.15) is 12.0 Å². The summed E-state index contributed by atoms with van der Waals surface area (Å²) in [5.74, 6) is -1.36. The van der Waals surface area contributed by atoms with E-state index < -0.39 is 51.3 Å². The van der Waals surface area contributed by atoms with E-state index in [1.54, 1.807) is 0 Å². The SMILES string of the molecule is O=C(O)CCN(c1cc(C(F)(F)F)ccc1Cl)S(=O)(=O)c1cc(Cl)ccc1Cl. The first-order chi connectivity index (χ1) is 12.8. The Labute approximate surface area is 173 Å². The minimum Gasteiger partial charge on any atom is -0.481 e. The van der Waals surface area contributed by atoms with Gasteiger partial charge in [-0.3, -0.25) is 9.10 Å². The molecule has 0 atom stereocenters. The minimum atomic E-state index is -4.77. The Morgan fingerprint density at radius 2 is 1.64 bits per heavy atom. The smallest absolute Gasteiger partial charge is 0.416 e. The summed E-state index contributed by atoms with van der Waals surface area (Å²) >= 11 is 17.7. The van der Waals surface area contributed by atoms with Crippen LogP contribution in [0.4, 0.5) is 18.9 Å². The van der Waals surface area contributed by atoms with Crippen molar-refractivity contribution in [1.82, 2.24) is 0 Å². The first-order valence-electron chi connectivity index (χ1n) is 7.40. The molecule has 0 bridgehead atoms. The van der Waals surface area contributed by atoms with Crippen molar-refractivity contribution in [2.75, 3.05) is 10.8 Å². The van der Waals surface area contributed by atoms with Crippen LogP contribution in [0.5, 0.6) is 0 Å². The molecule has 0 heterocycles. The minimum absolute atomic E-state index is 0.0105. The highest BCUT2D eigenvalue weighted by Crippen LogP contribution is 2.38. The highest BCUT2D eigenvalue weighted by molar-refractivity contribution is 7.93. The Morgan fingerprint density at radius 3 is 2.21 bits per heavy atom. The van der Waals surface area contributed by atoms with Gasteiger partial charge >= 0.3 is 12.1 Å². The first-order valence-corrected chi connectivity index (χ1v) is 9.98. The van der Waals surface area contributed by atoms with Crippen molar-refractivity contribution in [3.63, 3.8) is 0 Å². The highest BCUT2D eigenvalue weighted by atomic mass is 35.5. The third-order valence-corrected chi connectivity index (χ3v) is 6.38. The van der Waals surface area contributed by atoms with E-state index in [-0.39, 0.29) is 15.1 Å². The molecule has 0 unspecified atom stereocenters. The number of benzene rings is 2. The van der Waals surface area contributed by atoms with Gasteiger partial charge in [-0.05, 0) is 36.4 Å². The van der Waals surface area contributed by atoms with Crippen molar-refractivity contribution in [2.24, 2.45) is 0 Å². The molecular formula is C16H11Cl3F3NO4S. The molecular weight excluding hydrogens is 466 g/mol. The summed E-state index contributed by atoms with van der Waals surface area (Å²) in [5, 5.41) is 8.36. The fourth-order valence-electron chi connectivity index (χ4n) is 2.24. The van der Waals surface area contributed by atoms with Crippen LogP contribution in [-0.2, 0) is 21.0 Å². The second-order valence-corrected chi connectivity index (χ2v) is 8.54. The molecule has 0 amide bonds. The summed E-state index contributed by atoms with van der Waals surface area (Å²) in [6.45, 7) is -0.679. The molecule has 0 aliphatic heterocycles. The van der Waals surface area contributed by atoms with Gasteiger partial charge in [0.15, 0.2) is 0 Å². The van der Waals surface area contributed by atoms with Gasteiger partial charge in [-0.2, -0.15) is 13.2 Å². The zero-order valence-corrected chi connectivity index (χ0v) is 16.8. The van der Waals surface area contributed by atoms with Crippen LogP contribution in [-0.4, -0.2) is 26.0 Å². The quantitative estimate of drug-likeness (QED) is 0.611. The molecule has 0 saturated carbocycles. The number of hydrogen-bond donors (Lipinski definition) is 1. The lowest BCUT2D eigenvalue weighted by Crippen LogP contribution is -2.33. The average Bonchev–Trinajstić information content (AvgIpc) is 2.57.